The fourth-order valence-electron chi connectivity index (χ4n) is 2.31. The highest BCUT2D eigenvalue weighted by atomic mass is 16.5. The summed E-state index contributed by atoms with van der Waals surface area (Å²) < 4.78 is 16.0. The maximum Gasteiger partial charge on any atom is 0.224 e. The Balaban J connectivity index is 2.05. The summed E-state index contributed by atoms with van der Waals surface area (Å²) in [5.41, 5.74) is 6.98. The highest BCUT2D eigenvalue weighted by molar-refractivity contribution is 5.90. The quantitative estimate of drug-likeness (QED) is 0.808. The van der Waals surface area contributed by atoms with Crippen LogP contribution in [-0.4, -0.2) is 32.2 Å². The second-order valence-corrected chi connectivity index (χ2v) is 5.01. The van der Waals surface area contributed by atoms with E-state index in [1.54, 1.807) is 39.5 Å². The topological polar surface area (TPSA) is 95.7 Å². The molecule has 0 unspecified atom stereocenters. The zero-order valence-corrected chi connectivity index (χ0v) is 14.0. The van der Waals surface area contributed by atoms with Gasteiger partial charge in [0.05, 0.1) is 33.2 Å². The first-order valence-corrected chi connectivity index (χ1v) is 7.38. The molecule has 2 aromatic rings. The molecule has 0 saturated carbocycles. The Morgan fingerprint density at radius 1 is 1.08 bits per heavy atom. The number of methoxy groups -OCH3 is 3. The second-order valence-electron chi connectivity index (χ2n) is 5.01. The standard InChI is InChI=1S/C17H21N3O4/c1-22-13-7-4-11(16(23-2)17(13)24-3)5-9-15(21)20-12-6-8-14(18)19-10-12/h4,6-8,10H,5,9H2,1-3H3,(H2,18,19)(H,20,21). The number of nitrogen functional groups attached to an aromatic ring is 1. The van der Waals surface area contributed by atoms with E-state index >= 15 is 0 Å². The molecule has 0 aliphatic carbocycles. The Labute approximate surface area is 140 Å². The van der Waals surface area contributed by atoms with E-state index in [1.807, 2.05) is 6.07 Å². The third kappa shape index (κ3) is 4.07. The van der Waals surface area contributed by atoms with Gasteiger partial charge in [0.2, 0.25) is 11.7 Å². The van der Waals surface area contributed by atoms with Gasteiger partial charge in [-0.05, 0) is 30.2 Å². The maximum atomic E-state index is 12.1. The predicted octanol–water partition coefficient (Wildman–Crippen LogP) is 2.26. The largest absolute Gasteiger partial charge is 0.493 e. The molecule has 0 atom stereocenters. The number of hydrogen-bond acceptors (Lipinski definition) is 6. The van der Waals surface area contributed by atoms with Crippen molar-refractivity contribution in [3.63, 3.8) is 0 Å². The average Bonchev–Trinajstić information content (AvgIpc) is 2.60. The number of anilines is 2. The van der Waals surface area contributed by atoms with Crippen molar-refractivity contribution < 1.29 is 19.0 Å². The van der Waals surface area contributed by atoms with Crippen molar-refractivity contribution in [3.8, 4) is 17.2 Å². The van der Waals surface area contributed by atoms with Crippen LogP contribution in [-0.2, 0) is 11.2 Å². The number of nitrogens with zero attached hydrogens (tertiary/aromatic N) is 1. The lowest BCUT2D eigenvalue weighted by Crippen LogP contribution is -2.13. The van der Waals surface area contributed by atoms with E-state index < -0.39 is 0 Å². The lowest BCUT2D eigenvalue weighted by Gasteiger charge is -2.15. The van der Waals surface area contributed by atoms with Crippen molar-refractivity contribution in [1.29, 1.82) is 0 Å². The van der Waals surface area contributed by atoms with Crippen LogP contribution in [0.2, 0.25) is 0 Å². The van der Waals surface area contributed by atoms with Crippen molar-refractivity contribution in [2.75, 3.05) is 32.4 Å². The predicted molar refractivity (Wildman–Crippen MR) is 91.7 cm³/mol. The first kappa shape index (κ1) is 17.4. The lowest BCUT2D eigenvalue weighted by molar-refractivity contribution is -0.116. The van der Waals surface area contributed by atoms with Crippen LogP contribution in [0.1, 0.15) is 12.0 Å². The molecule has 1 amide bonds. The van der Waals surface area contributed by atoms with Gasteiger partial charge in [0.1, 0.15) is 5.82 Å². The molecule has 0 radical (unpaired) electrons. The van der Waals surface area contributed by atoms with Crippen molar-refractivity contribution in [1.82, 2.24) is 4.98 Å². The van der Waals surface area contributed by atoms with Crippen LogP contribution in [0.3, 0.4) is 0 Å². The minimum absolute atomic E-state index is 0.126. The molecule has 0 aliphatic rings. The molecular weight excluding hydrogens is 310 g/mol. The third-order valence-electron chi connectivity index (χ3n) is 3.48. The highest BCUT2D eigenvalue weighted by Crippen LogP contribution is 2.40. The Morgan fingerprint density at radius 2 is 1.83 bits per heavy atom. The summed E-state index contributed by atoms with van der Waals surface area (Å²) in [7, 11) is 4.66. The molecule has 1 aromatic heterocycles. The van der Waals surface area contributed by atoms with Crippen LogP contribution in [0, 0.1) is 0 Å². The van der Waals surface area contributed by atoms with Gasteiger partial charge in [-0.25, -0.2) is 4.98 Å². The Kier molecular flexibility index (Phi) is 5.83. The molecule has 128 valence electrons. The van der Waals surface area contributed by atoms with Crippen LogP contribution in [0.5, 0.6) is 17.2 Å². The molecule has 0 spiro atoms. The minimum atomic E-state index is -0.126. The highest BCUT2D eigenvalue weighted by Gasteiger charge is 2.16. The number of aromatic nitrogens is 1. The fraction of sp³-hybridized carbons (Fsp3) is 0.294. The average molecular weight is 331 g/mol. The summed E-state index contributed by atoms with van der Waals surface area (Å²) in [6.07, 6.45) is 2.30. The minimum Gasteiger partial charge on any atom is -0.493 e. The normalized spacial score (nSPS) is 10.1. The molecule has 24 heavy (non-hydrogen) atoms. The van der Waals surface area contributed by atoms with Crippen LogP contribution in [0.25, 0.3) is 0 Å². The summed E-state index contributed by atoms with van der Waals surface area (Å²) in [4.78, 5) is 16.0. The SMILES string of the molecule is COc1ccc(CCC(=O)Nc2ccc(N)nc2)c(OC)c1OC. The van der Waals surface area contributed by atoms with Gasteiger partial charge in [-0.2, -0.15) is 0 Å². The van der Waals surface area contributed by atoms with Crippen molar-refractivity contribution in [2.24, 2.45) is 0 Å². The van der Waals surface area contributed by atoms with E-state index in [2.05, 4.69) is 10.3 Å². The van der Waals surface area contributed by atoms with Gasteiger partial charge in [0.15, 0.2) is 11.5 Å². The molecule has 1 aromatic carbocycles. The van der Waals surface area contributed by atoms with Gasteiger partial charge in [-0.1, -0.05) is 6.07 Å². The number of aryl methyl sites for hydroxylation is 1. The number of carbonyl (C=O) groups excluding carboxylic acids is 1. The Morgan fingerprint density at radius 3 is 2.42 bits per heavy atom. The number of pyridine rings is 1. The van der Waals surface area contributed by atoms with Gasteiger partial charge in [-0.15, -0.1) is 0 Å². The monoisotopic (exact) mass is 331 g/mol. The molecule has 0 aliphatic heterocycles. The molecular formula is C17H21N3O4. The van der Waals surface area contributed by atoms with Crippen LogP contribution < -0.4 is 25.3 Å². The van der Waals surface area contributed by atoms with Gasteiger partial charge < -0.3 is 25.3 Å². The van der Waals surface area contributed by atoms with Crippen molar-refractivity contribution in [3.05, 3.63) is 36.0 Å². The van der Waals surface area contributed by atoms with E-state index in [4.69, 9.17) is 19.9 Å². The van der Waals surface area contributed by atoms with E-state index in [0.29, 0.717) is 35.2 Å². The molecule has 3 N–H and O–H groups in total. The van der Waals surface area contributed by atoms with Crippen LogP contribution in [0.15, 0.2) is 30.5 Å². The first-order chi connectivity index (χ1) is 11.6. The van der Waals surface area contributed by atoms with Crippen LogP contribution >= 0.6 is 0 Å². The first-order valence-electron chi connectivity index (χ1n) is 7.38. The number of amides is 1. The second kappa shape index (κ2) is 8.05. The number of rotatable bonds is 7. The summed E-state index contributed by atoms with van der Waals surface area (Å²) in [5, 5.41) is 2.77. The Bertz CT molecular complexity index is 702. The van der Waals surface area contributed by atoms with Gasteiger partial charge in [-0.3, -0.25) is 4.79 Å². The maximum absolute atomic E-state index is 12.1. The molecule has 7 nitrogen and oxygen atoms in total. The summed E-state index contributed by atoms with van der Waals surface area (Å²) in [6, 6.07) is 6.99. The van der Waals surface area contributed by atoms with E-state index in [0.717, 1.165) is 5.56 Å². The summed E-state index contributed by atoms with van der Waals surface area (Å²) in [5.74, 6) is 1.94. The molecule has 0 bridgehead atoms. The van der Waals surface area contributed by atoms with Gasteiger partial charge in [0, 0.05) is 6.42 Å². The summed E-state index contributed by atoms with van der Waals surface area (Å²) >= 11 is 0. The molecule has 2 rings (SSSR count). The number of carbonyl (C=O) groups is 1. The zero-order chi connectivity index (χ0) is 17.5. The van der Waals surface area contributed by atoms with Gasteiger partial charge >= 0.3 is 0 Å². The third-order valence-corrected chi connectivity index (χ3v) is 3.48. The van der Waals surface area contributed by atoms with Gasteiger partial charge in [0.25, 0.3) is 0 Å². The number of nitrogens with two attached hydrogens (primary N) is 1. The number of ether oxygens (including phenoxy) is 3. The van der Waals surface area contributed by atoms with E-state index in [9.17, 15) is 4.79 Å². The fourth-order valence-corrected chi connectivity index (χ4v) is 2.31. The van der Waals surface area contributed by atoms with Crippen molar-refractivity contribution >= 4 is 17.4 Å². The van der Waals surface area contributed by atoms with Crippen LogP contribution in [0.4, 0.5) is 11.5 Å². The Hall–Kier alpha value is -2.96. The molecule has 0 fully saturated rings. The number of nitrogens with one attached hydrogen (secondary N) is 1. The molecule has 7 heteroatoms. The van der Waals surface area contributed by atoms with E-state index in [1.165, 1.54) is 6.20 Å². The number of benzene rings is 1. The number of hydrogen-bond donors (Lipinski definition) is 2. The summed E-state index contributed by atoms with van der Waals surface area (Å²) in [6.45, 7) is 0. The smallest absolute Gasteiger partial charge is 0.224 e. The van der Waals surface area contributed by atoms with Crippen molar-refractivity contribution in [2.45, 2.75) is 12.8 Å². The molecule has 0 saturated heterocycles. The lowest BCUT2D eigenvalue weighted by atomic mass is 10.1. The molecule has 1 heterocycles. The zero-order valence-electron chi connectivity index (χ0n) is 14.0. The van der Waals surface area contributed by atoms with E-state index in [-0.39, 0.29) is 12.3 Å².